The molecule has 9 heteroatoms. The SMILES string of the molecule is COC(=O)c1ccn(COc2ccccc2C=NN=C(N)N)n1. The molecule has 0 unspecified atom stereocenters. The van der Waals surface area contributed by atoms with Crippen molar-refractivity contribution in [1.29, 1.82) is 0 Å². The normalized spacial score (nSPS) is 10.5. The van der Waals surface area contributed by atoms with Crippen LogP contribution in [-0.4, -0.2) is 35.0 Å². The monoisotopic (exact) mass is 316 g/mol. The summed E-state index contributed by atoms with van der Waals surface area (Å²) in [4.78, 5) is 11.3. The molecule has 0 aliphatic rings. The van der Waals surface area contributed by atoms with Crippen LogP contribution in [0.5, 0.6) is 5.75 Å². The van der Waals surface area contributed by atoms with E-state index in [-0.39, 0.29) is 18.4 Å². The van der Waals surface area contributed by atoms with Gasteiger partial charge in [-0.3, -0.25) is 0 Å². The molecule has 0 bridgehead atoms. The molecule has 0 fully saturated rings. The zero-order valence-corrected chi connectivity index (χ0v) is 12.4. The number of guanidine groups is 1. The lowest BCUT2D eigenvalue weighted by Gasteiger charge is -2.08. The zero-order valence-electron chi connectivity index (χ0n) is 12.4. The first-order valence-electron chi connectivity index (χ1n) is 6.55. The Morgan fingerprint density at radius 3 is 2.87 bits per heavy atom. The number of hydrogen-bond acceptors (Lipinski definition) is 6. The minimum Gasteiger partial charge on any atom is -0.471 e. The number of nitrogens with two attached hydrogens (primary N) is 2. The van der Waals surface area contributed by atoms with Crippen LogP contribution in [0.3, 0.4) is 0 Å². The Bertz CT molecular complexity index is 734. The molecule has 4 N–H and O–H groups in total. The van der Waals surface area contributed by atoms with Gasteiger partial charge in [0.2, 0.25) is 5.96 Å². The van der Waals surface area contributed by atoms with E-state index in [0.29, 0.717) is 11.3 Å². The fourth-order valence-corrected chi connectivity index (χ4v) is 1.66. The number of rotatable bonds is 6. The topological polar surface area (TPSA) is 130 Å². The summed E-state index contributed by atoms with van der Waals surface area (Å²) in [6.45, 7) is 0.115. The number of esters is 1. The van der Waals surface area contributed by atoms with Crippen molar-refractivity contribution in [1.82, 2.24) is 9.78 Å². The largest absolute Gasteiger partial charge is 0.471 e. The van der Waals surface area contributed by atoms with E-state index in [4.69, 9.17) is 16.2 Å². The van der Waals surface area contributed by atoms with Crippen molar-refractivity contribution in [2.24, 2.45) is 21.7 Å². The molecule has 0 amide bonds. The van der Waals surface area contributed by atoms with Crippen molar-refractivity contribution in [3.8, 4) is 5.75 Å². The minimum absolute atomic E-state index is 0.115. The highest BCUT2D eigenvalue weighted by atomic mass is 16.5. The van der Waals surface area contributed by atoms with E-state index in [1.165, 1.54) is 18.0 Å². The van der Waals surface area contributed by atoms with Crippen LogP contribution in [0.25, 0.3) is 0 Å². The van der Waals surface area contributed by atoms with E-state index in [2.05, 4.69) is 20.0 Å². The van der Waals surface area contributed by atoms with Gasteiger partial charge in [-0.2, -0.15) is 10.2 Å². The van der Waals surface area contributed by atoms with E-state index in [0.717, 1.165) is 0 Å². The number of ether oxygens (including phenoxy) is 2. The lowest BCUT2D eigenvalue weighted by atomic mass is 10.2. The van der Waals surface area contributed by atoms with Crippen LogP contribution in [0.1, 0.15) is 16.1 Å². The average molecular weight is 316 g/mol. The number of aromatic nitrogens is 2. The molecule has 0 atom stereocenters. The smallest absolute Gasteiger partial charge is 0.358 e. The van der Waals surface area contributed by atoms with E-state index >= 15 is 0 Å². The Balaban J connectivity index is 2.06. The molecule has 0 saturated carbocycles. The molecule has 1 aromatic carbocycles. The molecule has 0 aliphatic carbocycles. The third-order valence-electron chi connectivity index (χ3n) is 2.68. The van der Waals surface area contributed by atoms with Gasteiger partial charge in [-0.25, -0.2) is 9.48 Å². The van der Waals surface area contributed by atoms with Crippen molar-refractivity contribution >= 4 is 18.1 Å². The van der Waals surface area contributed by atoms with Gasteiger partial charge in [0.1, 0.15) is 5.75 Å². The summed E-state index contributed by atoms with van der Waals surface area (Å²) in [7, 11) is 1.30. The van der Waals surface area contributed by atoms with Crippen LogP contribution in [-0.2, 0) is 11.5 Å². The van der Waals surface area contributed by atoms with Crippen LogP contribution in [0.4, 0.5) is 0 Å². The maximum absolute atomic E-state index is 11.3. The Morgan fingerprint density at radius 2 is 2.13 bits per heavy atom. The molecule has 2 aromatic rings. The van der Waals surface area contributed by atoms with Crippen molar-refractivity contribution in [2.75, 3.05) is 7.11 Å². The summed E-state index contributed by atoms with van der Waals surface area (Å²) in [6, 6.07) is 8.75. The predicted molar refractivity (Wildman–Crippen MR) is 84.0 cm³/mol. The highest BCUT2D eigenvalue weighted by Crippen LogP contribution is 2.16. The van der Waals surface area contributed by atoms with Gasteiger partial charge >= 0.3 is 5.97 Å². The van der Waals surface area contributed by atoms with Crippen LogP contribution < -0.4 is 16.2 Å². The number of nitrogens with zero attached hydrogens (tertiary/aromatic N) is 4. The number of carbonyl (C=O) groups excluding carboxylic acids is 1. The molecule has 1 heterocycles. The van der Waals surface area contributed by atoms with Gasteiger partial charge in [-0.05, 0) is 18.2 Å². The second kappa shape index (κ2) is 7.59. The quantitative estimate of drug-likeness (QED) is 0.341. The van der Waals surface area contributed by atoms with Crippen LogP contribution in [0, 0.1) is 0 Å². The molecule has 0 saturated heterocycles. The van der Waals surface area contributed by atoms with Gasteiger partial charge in [0, 0.05) is 11.8 Å². The van der Waals surface area contributed by atoms with Gasteiger partial charge in [0.15, 0.2) is 12.4 Å². The number of carbonyl (C=O) groups is 1. The Labute approximate surface area is 132 Å². The van der Waals surface area contributed by atoms with Crippen LogP contribution >= 0.6 is 0 Å². The maximum atomic E-state index is 11.3. The second-order valence-corrected chi connectivity index (χ2v) is 4.31. The summed E-state index contributed by atoms with van der Waals surface area (Å²) in [6.07, 6.45) is 3.08. The van der Waals surface area contributed by atoms with Gasteiger partial charge in [0.05, 0.1) is 13.3 Å². The number of para-hydroxylation sites is 1. The van der Waals surface area contributed by atoms with Crippen molar-refractivity contribution in [3.63, 3.8) is 0 Å². The Hall–Kier alpha value is -3.36. The number of benzene rings is 1. The van der Waals surface area contributed by atoms with Gasteiger partial charge in [-0.1, -0.05) is 12.1 Å². The standard InChI is InChI=1S/C14H16N6O3/c1-22-13(21)11-6-7-20(19-11)9-23-12-5-3-2-4-10(12)8-17-18-14(15)16/h2-8H,9H2,1H3,(H4,15,16,18). The van der Waals surface area contributed by atoms with Crippen molar-refractivity contribution in [3.05, 3.63) is 47.8 Å². The third kappa shape index (κ3) is 4.56. The lowest BCUT2D eigenvalue weighted by Crippen LogP contribution is -2.21. The molecular weight excluding hydrogens is 300 g/mol. The first-order chi connectivity index (χ1) is 11.1. The lowest BCUT2D eigenvalue weighted by molar-refractivity contribution is 0.0592. The van der Waals surface area contributed by atoms with Crippen LogP contribution in [0.2, 0.25) is 0 Å². The predicted octanol–water partition coefficient (Wildman–Crippen LogP) is 0.314. The van der Waals surface area contributed by atoms with E-state index < -0.39 is 5.97 Å². The fourth-order valence-electron chi connectivity index (χ4n) is 1.66. The van der Waals surface area contributed by atoms with Gasteiger partial charge < -0.3 is 20.9 Å². The van der Waals surface area contributed by atoms with E-state index in [1.54, 1.807) is 24.4 Å². The average Bonchev–Trinajstić information content (AvgIpc) is 3.02. The molecule has 0 aliphatic heterocycles. The second-order valence-electron chi connectivity index (χ2n) is 4.31. The zero-order chi connectivity index (χ0) is 16.7. The molecule has 23 heavy (non-hydrogen) atoms. The number of methoxy groups -OCH3 is 1. The van der Waals surface area contributed by atoms with Gasteiger partial charge in [-0.15, -0.1) is 5.10 Å². The fraction of sp³-hybridized carbons (Fsp3) is 0.143. The summed E-state index contributed by atoms with van der Waals surface area (Å²) < 4.78 is 11.7. The van der Waals surface area contributed by atoms with Crippen molar-refractivity contribution < 1.29 is 14.3 Å². The molecule has 0 spiro atoms. The van der Waals surface area contributed by atoms with Crippen LogP contribution in [0.15, 0.2) is 46.7 Å². The Morgan fingerprint density at radius 1 is 1.35 bits per heavy atom. The van der Waals surface area contributed by atoms with Crippen molar-refractivity contribution in [2.45, 2.75) is 6.73 Å². The molecular formula is C14H16N6O3. The summed E-state index contributed by atoms with van der Waals surface area (Å²) in [5.74, 6) is -0.0720. The first kappa shape index (κ1) is 16.0. The highest BCUT2D eigenvalue weighted by molar-refractivity contribution is 5.87. The summed E-state index contributed by atoms with van der Waals surface area (Å²) in [5, 5.41) is 11.3. The number of hydrogen-bond donors (Lipinski definition) is 2. The first-order valence-corrected chi connectivity index (χ1v) is 6.55. The molecule has 0 radical (unpaired) electrons. The third-order valence-corrected chi connectivity index (χ3v) is 2.68. The minimum atomic E-state index is -0.506. The van der Waals surface area contributed by atoms with E-state index in [1.807, 2.05) is 12.1 Å². The highest BCUT2D eigenvalue weighted by Gasteiger charge is 2.09. The maximum Gasteiger partial charge on any atom is 0.358 e. The summed E-state index contributed by atoms with van der Waals surface area (Å²) in [5.41, 5.74) is 11.3. The molecule has 120 valence electrons. The van der Waals surface area contributed by atoms with E-state index in [9.17, 15) is 4.79 Å². The molecule has 9 nitrogen and oxygen atoms in total. The van der Waals surface area contributed by atoms with Gasteiger partial charge in [0.25, 0.3) is 0 Å². The Kier molecular flexibility index (Phi) is 5.29. The molecule has 1 aromatic heterocycles. The molecule has 2 rings (SSSR count). The summed E-state index contributed by atoms with van der Waals surface area (Å²) >= 11 is 0.